The number of rotatable bonds is 3. The van der Waals surface area contributed by atoms with Gasteiger partial charge >= 0.3 is 0 Å². The molecule has 0 saturated carbocycles. The van der Waals surface area contributed by atoms with E-state index in [1.807, 2.05) is 12.1 Å². The fourth-order valence-electron chi connectivity index (χ4n) is 2.17. The largest absolute Gasteiger partial charge is 0.451 e. The van der Waals surface area contributed by atoms with Crippen molar-refractivity contribution >= 4 is 68.1 Å². The minimum absolute atomic E-state index is 0.111. The first kappa shape index (κ1) is 18.9. The number of carbonyl (C=O) groups excluding carboxylic acids is 1. The first-order chi connectivity index (χ1) is 12.4. The van der Waals surface area contributed by atoms with Crippen LogP contribution >= 0.6 is 51.3 Å². The third-order valence-corrected chi connectivity index (χ3v) is 4.59. The standard InChI is InChI=1S/C18H11BrCl2N2O2S/c19-11-4-5-14(13(21)9-11)22-18(26)23-17(24)16-7-6-15(25-16)10-2-1-3-12(20)8-10/h1-9H,(H2,22,23,24,26). The van der Waals surface area contributed by atoms with Crippen molar-refractivity contribution in [1.29, 1.82) is 0 Å². The molecular weight excluding hydrogens is 459 g/mol. The molecule has 3 aromatic rings. The van der Waals surface area contributed by atoms with E-state index in [0.29, 0.717) is 21.5 Å². The molecule has 1 heterocycles. The average molecular weight is 470 g/mol. The van der Waals surface area contributed by atoms with E-state index >= 15 is 0 Å². The summed E-state index contributed by atoms with van der Waals surface area (Å²) in [5.41, 5.74) is 1.36. The van der Waals surface area contributed by atoms with E-state index in [9.17, 15) is 4.79 Å². The average Bonchev–Trinajstić information content (AvgIpc) is 3.08. The summed E-state index contributed by atoms with van der Waals surface area (Å²) in [6, 6.07) is 15.7. The summed E-state index contributed by atoms with van der Waals surface area (Å²) >= 11 is 20.6. The van der Waals surface area contributed by atoms with Crippen molar-refractivity contribution in [3.05, 3.63) is 74.9 Å². The van der Waals surface area contributed by atoms with E-state index in [1.165, 1.54) is 0 Å². The molecule has 3 rings (SSSR count). The maximum Gasteiger partial charge on any atom is 0.293 e. The molecule has 1 aromatic heterocycles. The molecule has 2 N–H and O–H groups in total. The van der Waals surface area contributed by atoms with Crippen molar-refractivity contribution in [1.82, 2.24) is 5.32 Å². The highest BCUT2D eigenvalue weighted by atomic mass is 79.9. The molecule has 0 aliphatic heterocycles. The van der Waals surface area contributed by atoms with Crippen LogP contribution in [-0.2, 0) is 0 Å². The van der Waals surface area contributed by atoms with Gasteiger partial charge in [0.2, 0.25) is 0 Å². The van der Waals surface area contributed by atoms with Crippen molar-refractivity contribution in [3.63, 3.8) is 0 Å². The fourth-order valence-corrected chi connectivity index (χ4v) is 3.28. The highest BCUT2D eigenvalue weighted by molar-refractivity contribution is 9.10. The molecule has 8 heteroatoms. The molecule has 2 aromatic carbocycles. The van der Waals surface area contributed by atoms with Crippen LogP contribution in [0.3, 0.4) is 0 Å². The number of carbonyl (C=O) groups is 1. The van der Waals surface area contributed by atoms with Crippen LogP contribution in [-0.4, -0.2) is 11.0 Å². The van der Waals surface area contributed by atoms with E-state index in [0.717, 1.165) is 10.0 Å². The molecule has 4 nitrogen and oxygen atoms in total. The monoisotopic (exact) mass is 468 g/mol. The number of nitrogens with one attached hydrogen (secondary N) is 2. The Bertz CT molecular complexity index is 991. The maximum absolute atomic E-state index is 12.3. The SMILES string of the molecule is O=C(NC(=S)Nc1ccc(Br)cc1Cl)c1ccc(-c2cccc(Cl)c2)o1. The summed E-state index contributed by atoms with van der Waals surface area (Å²) in [6.45, 7) is 0. The summed E-state index contributed by atoms with van der Waals surface area (Å²) in [6.07, 6.45) is 0. The van der Waals surface area contributed by atoms with Crippen molar-refractivity contribution in [2.24, 2.45) is 0 Å². The summed E-state index contributed by atoms with van der Waals surface area (Å²) in [7, 11) is 0. The summed E-state index contributed by atoms with van der Waals surface area (Å²) in [4.78, 5) is 12.3. The topological polar surface area (TPSA) is 54.3 Å². The van der Waals surface area contributed by atoms with E-state index in [4.69, 9.17) is 39.8 Å². The third-order valence-electron chi connectivity index (χ3n) is 3.35. The number of furan rings is 1. The molecule has 0 aliphatic rings. The number of hydrogen-bond donors (Lipinski definition) is 2. The molecule has 0 atom stereocenters. The molecule has 0 radical (unpaired) electrons. The zero-order valence-corrected chi connectivity index (χ0v) is 17.0. The van der Waals surface area contributed by atoms with Crippen molar-refractivity contribution in [2.75, 3.05) is 5.32 Å². The van der Waals surface area contributed by atoms with Gasteiger partial charge in [0.15, 0.2) is 10.9 Å². The van der Waals surface area contributed by atoms with Gasteiger partial charge in [0.1, 0.15) is 5.76 Å². The number of thiocarbonyl (C=S) groups is 1. The summed E-state index contributed by atoms with van der Waals surface area (Å²) in [5, 5.41) is 6.59. The molecular formula is C18H11BrCl2N2O2S. The third kappa shape index (κ3) is 4.65. The Morgan fingerprint density at radius 2 is 1.88 bits per heavy atom. The highest BCUT2D eigenvalue weighted by Gasteiger charge is 2.14. The van der Waals surface area contributed by atoms with Gasteiger partial charge in [-0.1, -0.05) is 51.3 Å². The van der Waals surface area contributed by atoms with Gasteiger partial charge in [0.25, 0.3) is 5.91 Å². The molecule has 26 heavy (non-hydrogen) atoms. The van der Waals surface area contributed by atoms with Crippen LogP contribution in [0.1, 0.15) is 10.6 Å². The van der Waals surface area contributed by atoms with Crippen LogP contribution in [0.2, 0.25) is 10.0 Å². The lowest BCUT2D eigenvalue weighted by Crippen LogP contribution is -2.33. The molecule has 0 saturated heterocycles. The van der Waals surface area contributed by atoms with Crippen LogP contribution in [0.4, 0.5) is 5.69 Å². The number of hydrogen-bond acceptors (Lipinski definition) is 3. The Kier molecular flexibility index (Phi) is 5.98. The molecule has 1 amide bonds. The Morgan fingerprint density at radius 1 is 1.08 bits per heavy atom. The molecule has 132 valence electrons. The number of amides is 1. The van der Waals surface area contributed by atoms with Gasteiger partial charge in [0, 0.05) is 15.1 Å². The van der Waals surface area contributed by atoms with Gasteiger partial charge in [-0.2, -0.15) is 0 Å². The highest BCUT2D eigenvalue weighted by Crippen LogP contribution is 2.26. The first-order valence-corrected chi connectivity index (χ1v) is 9.31. The van der Waals surface area contributed by atoms with E-state index in [-0.39, 0.29) is 10.9 Å². The summed E-state index contributed by atoms with van der Waals surface area (Å²) in [5.74, 6) is 0.197. The predicted molar refractivity (Wildman–Crippen MR) is 112 cm³/mol. The smallest absolute Gasteiger partial charge is 0.293 e. The molecule has 0 bridgehead atoms. The van der Waals surface area contributed by atoms with Crippen LogP contribution in [0.5, 0.6) is 0 Å². The quantitative estimate of drug-likeness (QED) is 0.452. The van der Waals surface area contributed by atoms with Crippen LogP contribution in [0.15, 0.2) is 63.5 Å². The van der Waals surface area contributed by atoms with Crippen molar-refractivity contribution < 1.29 is 9.21 Å². The van der Waals surface area contributed by atoms with Gasteiger partial charge in [-0.15, -0.1) is 0 Å². The van der Waals surface area contributed by atoms with Gasteiger partial charge in [-0.25, -0.2) is 0 Å². The van der Waals surface area contributed by atoms with Crippen LogP contribution in [0.25, 0.3) is 11.3 Å². The van der Waals surface area contributed by atoms with Gasteiger partial charge < -0.3 is 9.73 Å². The Labute approximate surface area is 173 Å². The minimum atomic E-state index is -0.469. The number of halogens is 3. The number of anilines is 1. The Hall–Kier alpha value is -1.86. The second kappa shape index (κ2) is 8.22. The summed E-state index contributed by atoms with van der Waals surface area (Å²) < 4.78 is 6.43. The zero-order chi connectivity index (χ0) is 18.7. The fraction of sp³-hybridized carbons (Fsp3) is 0. The predicted octanol–water partition coefficient (Wildman–Crippen LogP) is 6.14. The molecule has 0 fully saturated rings. The van der Waals surface area contributed by atoms with Gasteiger partial charge in [-0.05, 0) is 54.7 Å². The van der Waals surface area contributed by atoms with E-state index in [1.54, 1.807) is 42.5 Å². The first-order valence-electron chi connectivity index (χ1n) is 7.35. The molecule has 0 spiro atoms. The van der Waals surface area contributed by atoms with Crippen LogP contribution in [0, 0.1) is 0 Å². The molecule has 0 aliphatic carbocycles. The zero-order valence-electron chi connectivity index (χ0n) is 13.1. The second-order valence-electron chi connectivity index (χ2n) is 5.21. The van der Waals surface area contributed by atoms with Crippen molar-refractivity contribution in [3.8, 4) is 11.3 Å². The molecule has 0 unspecified atom stereocenters. The van der Waals surface area contributed by atoms with Gasteiger partial charge in [-0.3, -0.25) is 10.1 Å². The lowest BCUT2D eigenvalue weighted by molar-refractivity contribution is 0.0951. The Balaban J connectivity index is 1.67. The van der Waals surface area contributed by atoms with Gasteiger partial charge in [0.05, 0.1) is 10.7 Å². The maximum atomic E-state index is 12.3. The van der Waals surface area contributed by atoms with E-state index < -0.39 is 5.91 Å². The van der Waals surface area contributed by atoms with Crippen molar-refractivity contribution in [2.45, 2.75) is 0 Å². The number of benzene rings is 2. The normalized spacial score (nSPS) is 10.4. The second-order valence-corrected chi connectivity index (χ2v) is 7.37. The minimum Gasteiger partial charge on any atom is -0.451 e. The lowest BCUT2D eigenvalue weighted by Gasteiger charge is -2.10. The van der Waals surface area contributed by atoms with Crippen LogP contribution < -0.4 is 10.6 Å². The lowest BCUT2D eigenvalue weighted by atomic mass is 10.2. The van der Waals surface area contributed by atoms with E-state index in [2.05, 4.69) is 26.6 Å². The Morgan fingerprint density at radius 3 is 2.62 bits per heavy atom.